The van der Waals surface area contributed by atoms with Crippen molar-refractivity contribution < 1.29 is 24.1 Å². The van der Waals surface area contributed by atoms with Crippen LogP contribution in [0.3, 0.4) is 0 Å². The number of esters is 1. The molecular formula is C15H23FO4. The third-order valence-corrected chi connectivity index (χ3v) is 6.34. The summed E-state index contributed by atoms with van der Waals surface area (Å²) in [6.45, 7) is 5.93. The first-order valence-corrected chi connectivity index (χ1v) is 7.40. The number of alkyl halides is 1. The quantitative estimate of drug-likeness (QED) is 0.668. The van der Waals surface area contributed by atoms with E-state index in [9.17, 15) is 15.0 Å². The average molecular weight is 286 g/mol. The summed E-state index contributed by atoms with van der Waals surface area (Å²) >= 11 is 0. The van der Waals surface area contributed by atoms with E-state index in [1.807, 2.05) is 0 Å². The molecule has 1 saturated heterocycles. The van der Waals surface area contributed by atoms with Gasteiger partial charge in [-0.2, -0.15) is 0 Å². The third-order valence-electron chi connectivity index (χ3n) is 6.34. The molecule has 2 aliphatic carbocycles. The minimum atomic E-state index is -2.51. The molecule has 3 aliphatic rings. The number of halogens is 1. The summed E-state index contributed by atoms with van der Waals surface area (Å²) < 4.78 is 20.5. The van der Waals surface area contributed by atoms with Crippen LogP contribution in [0.5, 0.6) is 0 Å². The van der Waals surface area contributed by atoms with E-state index in [0.717, 1.165) is 12.8 Å². The summed E-state index contributed by atoms with van der Waals surface area (Å²) in [5, 5.41) is 20.4. The molecule has 5 heteroatoms. The average Bonchev–Trinajstić information content (AvgIpc) is 2.50. The molecule has 2 saturated carbocycles. The van der Waals surface area contributed by atoms with Crippen molar-refractivity contribution in [1.29, 1.82) is 0 Å². The summed E-state index contributed by atoms with van der Waals surface area (Å²) in [5.41, 5.74) is -5.69. The van der Waals surface area contributed by atoms with Crippen LogP contribution < -0.4 is 0 Å². The van der Waals surface area contributed by atoms with Gasteiger partial charge in [0.05, 0.1) is 0 Å². The molecule has 3 fully saturated rings. The fourth-order valence-corrected chi connectivity index (χ4v) is 5.26. The molecule has 4 nitrogen and oxygen atoms in total. The summed E-state index contributed by atoms with van der Waals surface area (Å²) in [6.07, 6.45) is 1.22. The van der Waals surface area contributed by atoms with Crippen LogP contribution in [-0.2, 0) is 9.53 Å². The van der Waals surface area contributed by atoms with E-state index >= 15 is 4.39 Å². The predicted molar refractivity (Wildman–Crippen MR) is 69.4 cm³/mol. The standard InChI is InChI=1S/C15H23FO4/c1-12(2)6-4-7-13(3)9(12)5-8-14(19)10(17)20-11(18)15(13,14)16/h9-10,17,19H,4-8H2,1-3H3/t9-,10-,13-,14-,15-/m0/s1. The van der Waals surface area contributed by atoms with Gasteiger partial charge in [0.1, 0.15) is 0 Å². The van der Waals surface area contributed by atoms with Gasteiger partial charge in [-0.1, -0.05) is 27.2 Å². The molecule has 0 unspecified atom stereocenters. The number of fused-ring (bicyclic) bond motifs is 3. The van der Waals surface area contributed by atoms with Crippen LogP contribution in [0.4, 0.5) is 4.39 Å². The molecule has 0 aromatic rings. The largest absolute Gasteiger partial charge is 0.430 e. The lowest BCUT2D eigenvalue weighted by Gasteiger charge is -2.60. The molecule has 1 aliphatic heterocycles. The van der Waals surface area contributed by atoms with Gasteiger partial charge in [0, 0.05) is 5.41 Å². The number of ether oxygens (including phenoxy) is 1. The Morgan fingerprint density at radius 3 is 2.55 bits per heavy atom. The van der Waals surface area contributed by atoms with Gasteiger partial charge < -0.3 is 14.9 Å². The monoisotopic (exact) mass is 286 g/mol. The maximum Gasteiger partial charge on any atom is 0.350 e. The van der Waals surface area contributed by atoms with E-state index in [-0.39, 0.29) is 17.8 Å². The zero-order valence-electron chi connectivity index (χ0n) is 12.3. The Bertz CT molecular complexity index is 465. The number of rotatable bonds is 0. The number of aliphatic hydroxyl groups is 2. The van der Waals surface area contributed by atoms with E-state index < -0.39 is 28.9 Å². The highest BCUT2D eigenvalue weighted by Crippen LogP contribution is 2.67. The number of hydrogen-bond donors (Lipinski definition) is 2. The molecule has 0 amide bonds. The highest BCUT2D eigenvalue weighted by molar-refractivity contribution is 5.85. The van der Waals surface area contributed by atoms with Crippen LogP contribution in [-0.4, -0.2) is 33.7 Å². The molecule has 20 heavy (non-hydrogen) atoms. The van der Waals surface area contributed by atoms with E-state index in [1.165, 1.54) is 0 Å². The second-order valence-electron chi connectivity index (χ2n) is 7.69. The van der Waals surface area contributed by atoms with Crippen LogP contribution in [0.2, 0.25) is 0 Å². The van der Waals surface area contributed by atoms with Crippen molar-refractivity contribution in [3.8, 4) is 0 Å². The fraction of sp³-hybridized carbons (Fsp3) is 0.933. The van der Waals surface area contributed by atoms with Crippen molar-refractivity contribution >= 4 is 5.97 Å². The Morgan fingerprint density at radius 2 is 1.90 bits per heavy atom. The lowest BCUT2D eigenvalue weighted by Crippen LogP contribution is -2.70. The van der Waals surface area contributed by atoms with Crippen molar-refractivity contribution in [3.63, 3.8) is 0 Å². The van der Waals surface area contributed by atoms with Crippen LogP contribution >= 0.6 is 0 Å². The number of aliphatic hydroxyl groups excluding tert-OH is 1. The second-order valence-corrected chi connectivity index (χ2v) is 7.69. The van der Waals surface area contributed by atoms with Crippen molar-refractivity contribution in [3.05, 3.63) is 0 Å². The normalized spacial score (nSPS) is 54.0. The van der Waals surface area contributed by atoms with Gasteiger partial charge >= 0.3 is 5.97 Å². The van der Waals surface area contributed by atoms with E-state index in [2.05, 4.69) is 18.6 Å². The van der Waals surface area contributed by atoms with Crippen molar-refractivity contribution in [2.24, 2.45) is 16.7 Å². The Labute approximate surface area is 118 Å². The molecule has 0 aromatic heterocycles. The summed E-state index contributed by atoms with van der Waals surface area (Å²) in [7, 11) is 0. The third kappa shape index (κ3) is 1.31. The second kappa shape index (κ2) is 3.74. The lowest BCUT2D eigenvalue weighted by molar-refractivity contribution is -0.250. The summed E-state index contributed by atoms with van der Waals surface area (Å²) in [5.74, 6) is -1.11. The summed E-state index contributed by atoms with van der Waals surface area (Å²) in [6, 6.07) is 0. The van der Waals surface area contributed by atoms with Crippen LogP contribution in [0.25, 0.3) is 0 Å². The first-order valence-electron chi connectivity index (χ1n) is 7.40. The van der Waals surface area contributed by atoms with E-state index in [4.69, 9.17) is 0 Å². The van der Waals surface area contributed by atoms with Gasteiger partial charge in [-0.05, 0) is 37.0 Å². The Hall–Kier alpha value is -0.680. The van der Waals surface area contributed by atoms with Gasteiger partial charge in [-0.3, -0.25) is 0 Å². The smallest absolute Gasteiger partial charge is 0.350 e. The fourth-order valence-electron chi connectivity index (χ4n) is 5.26. The molecule has 0 aromatic carbocycles. The number of carbonyl (C=O) groups is 1. The first kappa shape index (κ1) is 14.3. The minimum Gasteiger partial charge on any atom is -0.430 e. The highest BCUT2D eigenvalue weighted by Gasteiger charge is 2.80. The molecule has 2 N–H and O–H groups in total. The molecule has 114 valence electrons. The van der Waals surface area contributed by atoms with E-state index in [0.29, 0.717) is 12.8 Å². The molecule has 0 spiro atoms. The predicted octanol–water partition coefficient (Wildman–Crippen LogP) is 1.93. The first-order chi connectivity index (χ1) is 9.09. The highest BCUT2D eigenvalue weighted by atomic mass is 19.1. The Morgan fingerprint density at radius 1 is 1.25 bits per heavy atom. The minimum absolute atomic E-state index is 0.00752. The topological polar surface area (TPSA) is 66.8 Å². The van der Waals surface area contributed by atoms with Gasteiger partial charge in [0.2, 0.25) is 12.0 Å². The van der Waals surface area contributed by atoms with E-state index in [1.54, 1.807) is 6.92 Å². The van der Waals surface area contributed by atoms with Crippen molar-refractivity contribution in [1.82, 2.24) is 0 Å². The number of carbonyl (C=O) groups excluding carboxylic acids is 1. The Kier molecular flexibility index (Phi) is 2.67. The molecule has 0 bridgehead atoms. The van der Waals surface area contributed by atoms with Crippen LogP contribution in [0.15, 0.2) is 0 Å². The van der Waals surface area contributed by atoms with Gasteiger partial charge in [-0.25, -0.2) is 9.18 Å². The van der Waals surface area contributed by atoms with Crippen LogP contribution in [0, 0.1) is 16.7 Å². The molecule has 1 heterocycles. The molecular weight excluding hydrogens is 263 g/mol. The van der Waals surface area contributed by atoms with Gasteiger partial charge in [0.15, 0.2) is 5.60 Å². The maximum absolute atomic E-state index is 15.8. The molecule has 3 rings (SSSR count). The zero-order chi connectivity index (χ0) is 15.0. The molecule has 5 atom stereocenters. The number of cyclic esters (lactones) is 1. The SMILES string of the molecule is CC1(C)CCC[C@@]2(C)[C@H]1CC[C@]1(O)[C@@H](O)OC(=O)[C@]21F. The van der Waals surface area contributed by atoms with Gasteiger partial charge in [0.25, 0.3) is 0 Å². The van der Waals surface area contributed by atoms with Crippen LogP contribution in [0.1, 0.15) is 52.9 Å². The lowest BCUT2D eigenvalue weighted by atomic mass is 9.44. The maximum atomic E-state index is 15.8. The Balaban J connectivity index is 2.15. The molecule has 0 radical (unpaired) electrons. The van der Waals surface area contributed by atoms with Crippen molar-refractivity contribution in [2.45, 2.75) is 70.4 Å². The number of hydrogen-bond acceptors (Lipinski definition) is 4. The van der Waals surface area contributed by atoms with Gasteiger partial charge in [-0.15, -0.1) is 0 Å². The summed E-state index contributed by atoms with van der Waals surface area (Å²) in [4.78, 5) is 12.1. The van der Waals surface area contributed by atoms with Crippen molar-refractivity contribution in [2.75, 3.05) is 0 Å². The zero-order valence-corrected chi connectivity index (χ0v) is 12.3.